The van der Waals surface area contributed by atoms with E-state index in [1.807, 2.05) is 36.2 Å². The standard InChI is InChI=1S/C22H20N2O3/c1-15-4-6-20(27-15)21(25)24-10-8-22(13-24)14-26-19-7-5-16(11-18(19)22)17-3-2-9-23-12-17/h2-7,9,11-12H,8,10,13-14H2,1H3. The van der Waals surface area contributed by atoms with Gasteiger partial charge >= 0.3 is 0 Å². The fourth-order valence-electron chi connectivity index (χ4n) is 4.17. The molecule has 2 aromatic heterocycles. The quantitative estimate of drug-likeness (QED) is 0.697. The lowest BCUT2D eigenvalue weighted by Gasteiger charge is -2.23. The van der Waals surface area contributed by atoms with Crippen LogP contribution < -0.4 is 4.74 Å². The number of ether oxygens (including phenoxy) is 1. The molecule has 1 aromatic carbocycles. The van der Waals surface area contributed by atoms with Crippen molar-refractivity contribution >= 4 is 5.91 Å². The average molecular weight is 360 g/mol. The van der Waals surface area contributed by atoms with Crippen LogP contribution >= 0.6 is 0 Å². The summed E-state index contributed by atoms with van der Waals surface area (Å²) in [5, 5.41) is 0. The summed E-state index contributed by atoms with van der Waals surface area (Å²) in [7, 11) is 0. The van der Waals surface area contributed by atoms with E-state index < -0.39 is 0 Å². The molecule has 4 heterocycles. The van der Waals surface area contributed by atoms with Gasteiger partial charge in [0.1, 0.15) is 11.5 Å². The zero-order valence-electron chi connectivity index (χ0n) is 15.1. The Kier molecular flexibility index (Phi) is 3.57. The van der Waals surface area contributed by atoms with Crippen molar-refractivity contribution in [3.05, 3.63) is 71.9 Å². The molecule has 27 heavy (non-hydrogen) atoms. The van der Waals surface area contributed by atoms with Gasteiger partial charge < -0.3 is 14.1 Å². The molecule has 0 radical (unpaired) electrons. The van der Waals surface area contributed by atoms with Crippen LogP contribution in [-0.4, -0.2) is 35.5 Å². The molecule has 136 valence electrons. The van der Waals surface area contributed by atoms with Crippen LogP contribution in [0.2, 0.25) is 0 Å². The molecule has 5 rings (SSSR count). The van der Waals surface area contributed by atoms with Crippen molar-refractivity contribution in [3.63, 3.8) is 0 Å². The van der Waals surface area contributed by atoms with Gasteiger partial charge in [-0.1, -0.05) is 12.1 Å². The average Bonchev–Trinajstić information content (AvgIpc) is 3.42. The van der Waals surface area contributed by atoms with Crippen molar-refractivity contribution in [1.82, 2.24) is 9.88 Å². The van der Waals surface area contributed by atoms with Crippen molar-refractivity contribution in [2.45, 2.75) is 18.8 Å². The third kappa shape index (κ3) is 2.62. The summed E-state index contributed by atoms with van der Waals surface area (Å²) < 4.78 is 11.5. The summed E-state index contributed by atoms with van der Waals surface area (Å²) in [5.41, 5.74) is 3.25. The molecule has 2 aliphatic rings. The zero-order valence-corrected chi connectivity index (χ0v) is 15.1. The lowest BCUT2D eigenvalue weighted by Crippen LogP contribution is -2.35. The Morgan fingerprint density at radius 3 is 2.89 bits per heavy atom. The molecule has 3 aromatic rings. The summed E-state index contributed by atoms with van der Waals surface area (Å²) in [6.07, 6.45) is 4.54. The highest BCUT2D eigenvalue weighted by atomic mass is 16.5. The Bertz CT molecular complexity index is 1010. The molecule has 0 aliphatic carbocycles. The number of pyridine rings is 1. The van der Waals surface area contributed by atoms with Crippen LogP contribution in [0, 0.1) is 6.92 Å². The van der Waals surface area contributed by atoms with E-state index in [1.54, 1.807) is 12.3 Å². The minimum Gasteiger partial charge on any atom is -0.492 e. The molecule has 1 fully saturated rings. The van der Waals surface area contributed by atoms with Crippen molar-refractivity contribution in [3.8, 4) is 16.9 Å². The van der Waals surface area contributed by atoms with E-state index in [-0.39, 0.29) is 11.3 Å². The van der Waals surface area contributed by atoms with Crippen molar-refractivity contribution in [2.24, 2.45) is 0 Å². The number of amides is 1. The molecule has 5 heteroatoms. The van der Waals surface area contributed by atoms with E-state index in [2.05, 4.69) is 23.2 Å². The highest BCUT2D eigenvalue weighted by Crippen LogP contribution is 2.46. The smallest absolute Gasteiger partial charge is 0.289 e. The normalized spacial score (nSPS) is 20.7. The fraction of sp³-hybridized carbons (Fsp3) is 0.273. The molecule has 0 N–H and O–H groups in total. The molecule has 1 atom stereocenters. The summed E-state index contributed by atoms with van der Waals surface area (Å²) in [5.74, 6) is 2.04. The lowest BCUT2D eigenvalue weighted by molar-refractivity contribution is 0.0748. The number of hydrogen-bond donors (Lipinski definition) is 0. The second-order valence-corrected chi connectivity index (χ2v) is 7.41. The third-order valence-corrected chi connectivity index (χ3v) is 5.64. The number of carbonyl (C=O) groups is 1. The van der Waals surface area contributed by atoms with Crippen LogP contribution in [0.5, 0.6) is 5.75 Å². The van der Waals surface area contributed by atoms with Crippen LogP contribution in [0.15, 0.2) is 59.3 Å². The van der Waals surface area contributed by atoms with Gasteiger partial charge in [0.25, 0.3) is 5.91 Å². The van der Waals surface area contributed by atoms with E-state index in [0.717, 1.165) is 29.1 Å². The first kappa shape index (κ1) is 16.1. The maximum atomic E-state index is 12.8. The van der Waals surface area contributed by atoms with Gasteiger partial charge in [-0.3, -0.25) is 9.78 Å². The first-order valence-electron chi connectivity index (χ1n) is 9.18. The van der Waals surface area contributed by atoms with Gasteiger partial charge in [-0.2, -0.15) is 0 Å². The van der Waals surface area contributed by atoms with E-state index in [0.29, 0.717) is 25.5 Å². The Morgan fingerprint density at radius 2 is 2.11 bits per heavy atom. The highest BCUT2D eigenvalue weighted by Gasteiger charge is 2.47. The zero-order chi connectivity index (χ0) is 18.4. The molecule has 0 bridgehead atoms. The first-order valence-corrected chi connectivity index (χ1v) is 9.18. The number of likely N-dealkylation sites (tertiary alicyclic amines) is 1. The van der Waals surface area contributed by atoms with Gasteiger partial charge in [0.05, 0.1) is 12.0 Å². The van der Waals surface area contributed by atoms with Crippen molar-refractivity contribution in [2.75, 3.05) is 19.7 Å². The van der Waals surface area contributed by atoms with Crippen LogP contribution in [0.4, 0.5) is 0 Å². The highest BCUT2D eigenvalue weighted by molar-refractivity contribution is 5.92. The van der Waals surface area contributed by atoms with E-state index >= 15 is 0 Å². The summed E-state index contributed by atoms with van der Waals surface area (Å²) in [4.78, 5) is 18.9. The molecular formula is C22H20N2O3. The maximum Gasteiger partial charge on any atom is 0.289 e. The van der Waals surface area contributed by atoms with E-state index in [4.69, 9.17) is 9.15 Å². The monoisotopic (exact) mass is 360 g/mol. The number of carbonyl (C=O) groups excluding carboxylic acids is 1. The Hall–Kier alpha value is -3.08. The molecule has 1 saturated heterocycles. The summed E-state index contributed by atoms with van der Waals surface area (Å²) in [6.45, 7) is 3.82. The van der Waals surface area contributed by atoms with Gasteiger partial charge in [0, 0.05) is 36.6 Å². The lowest BCUT2D eigenvalue weighted by atomic mass is 9.80. The van der Waals surface area contributed by atoms with Gasteiger partial charge in [0.2, 0.25) is 0 Å². The number of fused-ring (bicyclic) bond motifs is 2. The largest absolute Gasteiger partial charge is 0.492 e. The number of furan rings is 1. The number of aromatic nitrogens is 1. The first-order chi connectivity index (χ1) is 13.1. The number of rotatable bonds is 2. The molecular weight excluding hydrogens is 340 g/mol. The topological polar surface area (TPSA) is 55.6 Å². The van der Waals surface area contributed by atoms with Crippen LogP contribution in [0.1, 0.15) is 28.3 Å². The van der Waals surface area contributed by atoms with E-state index in [1.165, 1.54) is 5.56 Å². The Labute approximate surface area is 157 Å². The minimum atomic E-state index is -0.148. The Morgan fingerprint density at radius 1 is 1.19 bits per heavy atom. The van der Waals surface area contributed by atoms with Gasteiger partial charge in [0.15, 0.2) is 5.76 Å². The molecule has 1 spiro atoms. The molecule has 1 unspecified atom stereocenters. The number of aryl methyl sites for hydroxylation is 1. The SMILES string of the molecule is Cc1ccc(C(=O)N2CCC3(COc4ccc(-c5cccnc5)cc43)C2)o1. The predicted molar refractivity (Wildman–Crippen MR) is 101 cm³/mol. The number of hydrogen-bond acceptors (Lipinski definition) is 4. The summed E-state index contributed by atoms with van der Waals surface area (Å²) >= 11 is 0. The fourth-order valence-corrected chi connectivity index (χ4v) is 4.17. The molecule has 5 nitrogen and oxygen atoms in total. The second kappa shape index (κ2) is 5.98. The van der Waals surface area contributed by atoms with Gasteiger partial charge in [-0.05, 0) is 49.2 Å². The third-order valence-electron chi connectivity index (χ3n) is 5.64. The van der Waals surface area contributed by atoms with Gasteiger partial charge in [-0.15, -0.1) is 0 Å². The Balaban J connectivity index is 1.45. The van der Waals surface area contributed by atoms with Crippen LogP contribution in [0.3, 0.4) is 0 Å². The number of nitrogens with zero attached hydrogens (tertiary/aromatic N) is 2. The molecule has 2 aliphatic heterocycles. The van der Waals surface area contributed by atoms with Crippen molar-refractivity contribution < 1.29 is 13.9 Å². The number of benzene rings is 1. The van der Waals surface area contributed by atoms with Crippen LogP contribution in [-0.2, 0) is 5.41 Å². The minimum absolute atomic E-state index is 0.0446. The maximum absolute atomic E-state index is 12.8. The summed E-state index contributed by atoms with van der Waals surface area (Å²) in [6, 6.07) is 13.9. The molecule has 0 saturated carbocycles. The second-order valence-electron chi connectivity index (χ2n) is 7.41. The predicted octanol–water partition coefficient (Wildman–Crippen LogP) is 3.83. The van der Waals surface area contributed by atoms with E-state index in [9.17, 15) is 4.79 Å². The van der Waals surface area contributed by atoms with Crippen LogP contribution in [0.25, 0.3) is 11.1 Å². The van der Waals surface area contributed by atoms with Crippen molar-refractivity contribution in [1.29, 1.82) is 0 Å². The van der Waals surface area contributed by atoms with Gasteiger partial charge in [-0.25, -0.2) is 0 Å². The molecule has 1 amide bonds.